The number of ether oxygens (including phenoxy) is 1. The van der Waals surface area contributed by atoms with Crippen molar-refractivity contribution in [3.05, 3.63) is 68.4 Å². The number of nitrogen functional groups attached to an aromatic ring is 1. The van der Waals surface area contributed by atoms with Crippen LogP contribution in [0.2, 0.25) is 5.02 Å². The van der Waals surface area contributed by atoms with Gasteiger partial charge in [-0.15, -0.1) is 11.3 Å². The number of carbonyl (C=O) groups is 2. The molecule has 3 atom stereocenters. The number of thiophene rings is 1. The largest absolute Gasteiger partial charge is 0.384 e. The molecule has 2 aromatic rings. The van der Waals surface area contributed by atoms with Gasteiger partial charge in [0.15, 0.2) is 0 Å². The molecule has 1 aromatic carbocycles. The Morgan fingerprint density at radius 2 is 2.00 bits per heavy atom. The van der Waals surface area contributed by atoms with Gasteiger partial charge in [0.05, 0.1) is 25.5 Å². The maximum Gasteiger partial charge on any atom is 0.243 e. The van der Waals surface area contributed by atoms with Gasteiger partial charge in [0, 0.05) is 33.8 Å². The van der Waals surface area contributed by atoms with E-state index in [1.807, 2.05) is 18.2 Å². The summed E-state index contributed by atoms with van der Waals surface area (Å²) >= 11 is 7.36. The number of amidine groups is 1. The van der Waals surface area contributed by atoms with Crippen LogP contribution in [0.4, 0.5) is 0 Å². The highest BCUT2D eigenvalue weighted by Gasteiger charge is 2.42. The molecule has 4 rings (SSSR count). The standard InChI is InChI=1S/C28H37ClN6O5S2/c1-42(38,39)34-24(7-4-18-8-10-32-11-9-18)28(37)35-15-22(40-16-19-2-5-21(29)6-3-19)13-25(35)27(36)33-14-23-12-20(17-41-23)26(30)31/h2-6,12,17,22,24-25,32,34H,7-11,13-16H2,1H3,(H3,30,31)(H,33,36)/t22-,24-,25-/m1/s1. The molecule has 2 amide bonds. The molecule has 228 valence electrons. The first-order valence-corrected chi connectivity index (χ1v) is 16.9. The number of rotatable bonds is 12. The fourth-order valence-corrected chi connectivity index (χ4v) is 6.67. The minimum atomic E-state index is -3.71. The lowest BCUT2D eigenvalue weighted by atomic mass is 10.0. The minimum Gasteiger partial charge on any atom is -0.384 e. The molecule has 14 heteroatoms. The number of hydrogen-bond acceptors (Lipinski definition) is 8. The number of likely N-dealkylation sites (tertiary alicyclic amines) is 1. The van der Waals surface area contributed by atoms with Crippen molar-refractivity contribution >= 4 is 50.6 Å². The van der Waals surface area contributed by atoms with Gasteiger partial charge in [-0.25, -0.2) is 13.1 Å². The smallest absolute Gasteiger partial charge is 0.243 e. The summed E-state index contributed by atoms with van der Waals surface area (Å²) in [6.07, 6.45) is 4.64. The molecular formula is C28H37ClN6O5S2. The van der Waals surface area contributed by atoms with E-state index < -0.39 is 34.1 Å². The summed E-state index contributed by atoms with van der Waals surface area (Å²) < 4.78 is 33.1. The molecule has 0 radical (unpaired) electrons. The van der Waals surface area contributed by atoms with Gasteiger partial charge in [-0.3, -0.25) is 15.0 Å². The average Bonchev–Trinajstić information content (AvgIpc) is 3.61. The van der Waals surface area contributed by atoms with E-state index in [4.69, 9.17) is 27.5 Å². The number of carbonyl (C=O) groups excluding carboxylic acids is 2. The molecule has 0 unspecified atom stereocenters. The van der Waals surface area contributed by atoms with Gasteiger partial charge in [0.1, 0.15) is 17.9 Å². The van der Waals surface area contributed by atoms with E-state index in [2.05, 4.69) is 15.4 Å². The molecule has 6 N–H and O–H groups in total. The van der Waals surface area contributed by atoms with Gasteiger partial charge in [0.25, 0.3) is 0 Å². The monoisotopic (exact) mass is 636 g/mol. The van der Waals surface area contributed by atoms with Gasteiger partial charge in [-0.1, -0.05) is 35.4 Å². The van der Waals surface area contributed by atoms with E-state index in [1.54, 1.807) is 23.6 Å². The fourth-order valence-electron chi connectivity index (χ4n) is 5.01. The lowest BCUT2D eigenvalue weighted by Gasteiger charge is -2.28. The van der Waals surface area contributed by atoms with Gasteiger partial charge < -0.3 is 26.0 Å². The van der Waals surface area contributed by atoms with Crippen molar-refractivity contribution in [1.82, 2.24) is 20.3 Å². The van der Waals surface area contributed by atoms with E-state index in [0.717, 1.165) is 42.6 Å². The summed E-state index contributed by atoms with van der Waals surface area (Å²) in [6.45, 7) is 2.29. The SMILES string of the molecule is CS(=O)(=O)N[C@H](CC=C1CCNCC1)C(=O)N1C[C@H](OCc2ccc(Cl)cc2)C[C@@H]1C(=O)NCc1cc(C(=N)N)cs1. The maximum atomic E-state index is 13.9. The van der Waals surface area contributed by atoms with Crippen LogP contribution in [-0.4, -0.2) is 75.0 Å². The molecule has 11 nitrogen and oxygen atoms in total. The van der Waals surface area contributed by atoms with E-state index in [9.17, 15) is 18.0 Å². The van der Waals surface area contributed by atoms with Crippen molar-refractivity contribution < 1.29 is 22.7 Å². The number of piperidine rings is 1. The summed E-state index contributed by atoms with van der Waals surface area (Å²) in [5.41, 5.74) is 8.20. The number of hydrogen-bond donors (Lipinski definition) is 5. The molecule has 0 aliphatic carbocycles. The van der Waals surface area contributed by atoms with Crippen LogP contribution in [0.3, 0.4) is 0 Å². The van der Waals surface area contributed by atoms with E-state index >= 15 is 0 Å². The molecule has 2 fully saturated rings. The van der Waals surface area contributed by atoms with Crippen LogP contribution in [0.5, 0.6) is 0 Å². The Balaban J connectivity index is 1.50. The Morgan fingerprint density at radius 3 is 2.64 bits per heavy atom. The Hall–Kier alpha value is -2.81. The van der Waals surface area contributed by atoms with Gasteiger partial charge >= 0.3 is 0 Å². The highest BCUT2D eigenvalue weighted by molar-refractivity contribution is 7.88. The Kier molecular flexibility index (Phi) is 11.1. The second-order valence-electron chi connectivity index (χ2n) is 10.5. The number of halogens is 1. The molecule has 0 bridgehead atoms. The third kappa shape index (κ3) is 9.35. The van der Waals surface area contributed by atoms with E-state index in [1.165, 1.54) is 21.8 Å². The third-order valence-corrected chi connectivity index (χ3v) is 9.09. The van der Waals surface area contributed by atoms with Crippen LogP contribution >= 0.6 is 22.9 Å². The zero-order chi connectivity index (χ0) is 30.3. The normalized spacial score (nSPS) is 19.9. The summed E-state index contributed by atoms with van der Waals surface area (Å²) in [4.78, 5) is 29.6. The first-order chi connectivity index (χ1) is 20.0. The molecule has 2 aliphatic rings. The first-order valence-electron chi connectivity index (χ1n) is 13.7. The van der Waals surface area contributed by atoms with E-state index in [0.29, 0.717) is 10.6 Å². The Labute approximate surface area is 255 Å². The van der Waals surface area contributed by atoms with Crippen molar-refractivity contribution in [1.29, 1.82) is 5.41 Å². The molecule has 2 saturated heterocycles. The predicted octanol–water partition coefficient (Wildman–Crippen LogP) is 2.11. The lowest BCUT2D eigenvalue weighted by Crippen LogP contribution is -2.53. The van der Waals surface area contributed by atoms with Crippen molar-refractivity contribution in [3.63, 3.8) is 0 Å². The van der Waals surface area contributed by atoms with Crippen LogP contribution in [0, 0.1) is 5.41 Å². The quantitative estimate of drug-likeness (QED) is 0.135. The van der Waals surface area contributed by atoms with Gasteiger partial charge in [-0.2, -0.15) is 0 Å². The van der Waals surface area contributed by atoms with Crippen molar-refractivity contribution in [3.8, 4) is 0 Å². The second-order valence-corrected chi connectivity index (χ2v) is 13.7. The van der Waals surface area contributed by atoms with Crippen LogP contribution in [0.15, 0.2) is 47.4 Å². The molecule has 3 heterocycles. The second kappa shape index (κ2) is 14.6. The minimum absolute atomic E-state index is 0.0547. The predicted molar refractivity (Wildman–Crippen MR) is 164 cm³/mol. The number of nitrogens with two attached hydrogens (primary N) is 1. The molecule has 0 spiro atoms. The topological polar surface area (TPSA) is 167 Å². The number of benzene rings is 1. The third-order valence-electron chi connectivity index (χ3n) is 7.19. The van der Waals surface area contributed by atoms with Gasteiger partial charge in [0.2, 0.25) is 21.8 Å². The maximum absolute atomic E-state index is 13.9. The van der Waals surface area contributed by atoms with Crippen LogP contribution in [0.25, 0.3) is 0 Å². The highest BCUT2D eigenvalue weighted by atomic mass is 35.5. The number of sulfonamides is 1. The summed E-state index contributed by atoms with van der Waals surface area (Å²) in [5, 5.41) is 16.1. The van der Waals surface area contributed by atoms with E-state index in [-0.39, 0.29) is 44.3 Å². The zero-order valence-corrected chi connectivity index (χ0v) is 25.8. The molecule has 2 aliphatic heterocycles. The average molecular weight is 637 g/mol. The molecular weight excluding hydrogens is 600 g/mol. The first kappa shape index (κ1) is 32.1. The van der Waals surface area contributed by atoms with Crippen LogP contribution in [-0.2, 0) is 37.5 Å². The molecule has 0 saturated carbocycles. The number of nitrogens with zero attached hydrogens (tertiary/aromatic N) is 1. The van der Waals surface area contributed by atoms with Gasteiger partial charge in [-0.05, 0) is 56.1 Å². The molecule has 42 heavy (non-hydrogen) atoms. The van der Waals surface area contributed by atoms with Crippen LogP contribution < -0.4 is 21.1 Å². The van der Waals surface area contributed by atoms with Crippen molar-refractivity contribution in [2.45, 2.75) is 57.0 Å². The summed E-state index contributed by atoms with van der Waals surface area (Å²) in [6, 6.07) is 7.06. The van der Waals surface area contributed by atoms with Crippen molar-refractivity contribution in [2.24, 2.45) is 5.73 Å². The Morgan fingerprint density at radius 1 is 1.29 bits per heavy atom. The molecule has 1 aromatic heterocycles. The lowest BCUT2D eigenvalue weighted by molar-refractivity contribution is -0.139. The summed E-state index contributed by atoms with van der Waals surface area (Å²) in [5.74, 6) is -0.895. The zero-order valence-electron chi connectivity index (χ0n) is 23.4. The Bertz CT molecular complexity index is 1400. The fraction of sp³-hybridized carbons (Fsp3) is 0.464. The highest BCUT2D eigenvalue weighted by Crippen LogP contribution is 2.25. The van der Waals surface area contributed by atoms with Crippen LogP contribution in [0.1, 0.15) is 41.7 Å². The number of amides is 2. The summed E-state index contributed by atoms with van der Waals surface area (Å²) in [7, 11) is -3.71. The number of nitrogens with one attached hydrogen (secondary N) is 4. The van der Waals surface area contributed by atoms with Crippen molar-refractivity contribution in [2.75, 3.05) is 25.9 Å².